The van der Waals surface area contributed by atoms with Gasteiger partial charge in [-0.2, -0.15) is 0 Å². The van der Waals surface area contributed by atoms with Gasteiger partial charge in [0.25, 0.3) is 0 Å². The molecule has 0 aromatic heterocycles. The van der Waals surface area contributed by atoms with Gasteiger partial charge in [0.05, 0.1) is 6.54 Å². The van der Waals surface area contributed by atoms with Gasteiger partial charge >= 0.3 is 6.03 Å². The molecular formula is C13H20N2O. The molecule has 1 aliphatic heterocycles. The molecule has 2 rings (SSSR count). The van der Waals surface area contributed by atoms with E-state index in [0.29, 0.717) is 12.0 Å². The van der Waals surface area contributed by atoms with Crippen LogP contribution >= 0.6 is 0 Å². The molecule has 2 amide bonds. The highest BCUT2D eigenvalue weighted by Crippen LogP contribution is 2.43. The van der Waals surface area contributed by atoms with E-state index in [1.54, 1.807) is 0 Å². The molecule has 0 unspecified atom stereocenters. The fourth-order valence-corrected chi connectivity index (χ4v) is 3.06. The molecule has 0 radical (unpaired) electrons. The van der Waals surface area contributed by atoms with E-state index < -0.39 is 0 Å². The first-order chi connectivity index (χ1) is 7.76. The average Bonchev–Trinajstić information content (AvgIpc) is 2.71. The predicted molar refractivity (Wildman–Crippen MR) is 63.9 cm³/mol. The second-order valence-corrected chi connectivity index (χ2v) is 5.10. The summed E-state index contributed by atoms with van der Waals surface area (Å²) in [6.45, 7) is 2.17. The molecule has 16 heavy (non-hydrogen) atoms. The maximum Gasteiger partial charge on any atom is 0.318 e. The Morgan fingerprint density at radius 1 is 1.31 bits per heavy atom. The molecule has 1 saturated heterocycles. The molecule has 0 atom stereocenters. The molecule has 88 valence electrons. The molecule has 1 heterocycles. The minimum Gasteiger partial charge on any atom is -0.327 e. The Labute approximate surface area is 97.6 Å². The average molecular weight is 220 g/mol. The van der Waals surface area contributed by atoms with Crippen molar-refractivity contribution in [2.45, 2.75) is 38.5 Å². The molecule has 3 nitrogen and oxygen atoms in total. The Morgan fingerprint density at radius 2 is 2.06 bits per heavy atom. The lowest BCUT2D eigenvalue weighted by atomic mass is 9.73. The lowest BCUT2D eigenvalue weighted by Crippen LogP contribution is -2.40. The molecule has 3 heteroatoms. The zero-order valence-electron chi connectivity index (χ0n) is 9.80. The minimum absolute atomic E-state index is 0.0143. The van der Waals surface area contributed by atoms with Crippen LogP contribution in [0.2, 0.25) is 0 Å². The highest BCUT2D eigenvalue weighted by Gasteiger charge is 2.40. The highest BCUT2D eigenvalue weighted by atomic mass is 16.2. The smallest absolute Gasteiger partial charge is 0.318 e. The fraction of sp³-hybridized carbons (Fsp3) is 0.769. The molecule has 0 bridgehead atoms. The number of nitrogens with zero attached hydrogens (tertiary/aromatic N) is 1. The lowest BCUT2D eigenvalue weighted by Gasteiger charge is -2.33. The fourth-order valence-electron chi connectivity index (χ4n) is 3.06. The Bertz CT molecular complexity index is 300. The van der Waals surface area contributed by atoms with Crippen molar-refractivity contribution in [3.05, 3.63) is 0 Å². The summed E-state index contributed by atoms with van der Waals surface area (Å²) in [5, 5.41) is 2.75. The van der Waals surface area contributed by atoms with E-state index >= 15 is 0 Å². The van der Waals surface area contributed by atoms with E-state index in [1.807, 2.05) is 4.90 Å². The van der Waals surface area contributed by atoms with Gasteiger partial charge in [-0.3, -0.25) is 0 Å². The van der Waals surface area contributed by atoms with Gasteiger partial charge in [-0.25, -0.2) is 4.79 Å². The Balaban J connectivity index is 1.87. The molecule has 1 aliphatic carbocycles. The van der Waals surface area contributed by atoms with Crippen LogP contribution in [0.1, 0.15) is 38.5 Å². The van der Waals surface area contributed by atoms with Gasteiger partial charge in [0, 0.05) is 13.1 Å². The van der Waals surface area contributed by atoms with Crippen LogP contribution in [0.5, 0.6) is 0 Å². The summed E-state index contributed by atoms with van der Waals surface area (Å²) in [6, 6.07) is 0.0143. The molecule has 2 fully saturated rings. The molecule has 0 aromatic carbocycles. The van der Waals surface area contributed by atoms with E-state index in [1.165, 1.54) is 38.5 Å². The number of hydrogen-bond donors (Lipinski definition) is 1. The van der Waals surface area contributed by atoms with E-state index in [2.05, 4.69) is 11.2 Å². The van der Waals surface area contributed by atoms with Crippen LogP contribution in [0.25, 0.3) is 0 Å². The summed E-state index contributed by atoms with van der Waals surface area (Å²) in [5.74, 6) is 2.43. The molecule has 1 spiro atoms. The van der Waals surface area contributed by atoms with Crippen molar-refractivity contribution in [3.8, 4) is 12.3 Å². The zero-order chi connectivity index (χ0) is 11.4. The second kappa shape index (κ2) is 4.78. The third-order valence-corrected chi connectivity index (χ3v) is 3.98. The van der Waals surface area contributed by atoms with Crippen LogP contribution in [-0.2, 0) is 0 Å². The van der Waals surface area contributed by atoms with Gasteiger partial charge < -0.3 is 10.2 Å². The summed E-state index contributed by atoms with van der Waals surface area (Å²) in [4.78, 5) is 13.7. The molecular weight excluding hydrogens is 200 g/mol. The first kappa shape index (κ1) is 11.3. The Kier molecular flexibility index (Phi) is 3.38. The first-order valence-corrected chi connectivity index (χ1v) is 6.22. The van der Waals surface area contributed by atoms with E-state index in [0.717, 1.165) is 13.1 Å². The lowest BCUT2D eigenvalue weighted by molar-refractivity contribution is 0.178. The molecule has 1 saturated carbocycles. The maximum atomic E-state index is 11.7. The zero-order valence-corrected chi connectivity index (χ0v) is 9.80. The van der Waals surface area contributed by atoms with Crippen molar-refractivity contribution in [2.24, 2.45) is 5.41 Å². The normalized spacial score (nSPS) is 23.1. The number of carbonyl (C=O) groups is 1. The highest BCUT2D eigenvalue weighted by molar-refractivity contribution is 5.74. The van der Waals surface area contributed by atoms with Gasteiger partial charge in [0.2, 0.25) is 0 Å². The van der Waals surface area contributed by atoms with Gasteiger partial charge in [-0.05, 0) is 24.7 Å². The molecule has 2 aliphatic rings. The van der Waals surface area contributed by atoms with Gasteiger partial charge in [-0.1, -0.05) is 25.2 Å². The van der Waals surface area contributed by atoms with Crippen molar-refractivity contribution in [3.63, 3.8) is 0 Å². The second-order valence-electron chi connectivity index (χ2n) is 5.10. The number of nitrogens with one attached hydrogen (secondary N) is 1. The summed E-state index contributed by atoms with van der Waals surface area (Å²) in [7, 11) is 0. The monoisotopic (exact) mass is 220 g/mol. The van der Waals surface area contributed by atoms with Crippen LogP contribution in [-0.4, -0.2) is 30.6 Å². The Hall–Kier alpha value is -1.17. The van der Waals surface area contributed by atoms with Crippen LogP contribution in [0.4, 0.5) is 4.79 Å². The number of amides is 2. The van der Waals surface area contributed by atoms with Gasteiger partial charge in [-0.15, -0.1) is 6.42 Å². The van der Waals surface area contributed by atoms with Crippen LogP contribution in [0.15, 0.2) is 0 Å². The minimum atomic E-state index is 0.0143. The van der Waals surface area contributed by atoms with Crippen LogP contribution in [0.3, 0.4) is 0 Å². The number of rotatable bonds is 1. The summed E-state index contributed by atoms with van der Waals surface area (Å²) < 4.78 is 0. The number of carbonyl (C=O) groups excluding carboxylic acids is 1. The largest absolute Gasteiger partial charge is 0.327 e. The third-order valence-electron chi connectivity index (χ3n) is 3.98. The number of urea groups is 1. The number of likely N-dealkylation sites (tertiary alicyclic amines) is 1. The van der Waals surface area contributed by atoms with Gasteiger partial charge in [0.1, 0.15) is 0 Å². The predicted octanol–water partition coefficient (Wildman–Crippen LogP) is 1.99. The van der Waals surface area contributed by atoms with Gasteiger partial charge in [0.15, 0.2) is 0 Å². The summed E-state index contributed by atoms with van der Waals surface area (Å²) in [5.41, 5.74) is 0.436. The SMILES string of the molecule is C#CCNC(=O)N1CCC2(CCCCC2)C1. The van der Waals surface area contributed by atoms with E-state index in [9.17, 15) is 4.79 Å². The number of terminal acetylenes is 1. The third kappa shape index (κ3) is 2.32. The van der Waals surface area contributed by atoms with Crippen molar-refractivity contribution in [1.29, 1.82) is 0 Å². The quantitative estimate of drug-likeness (QED) is 0.673. The summed E-state index contributed by atoms with van der Waals surface area (Å²) in [6.07, 6.45) is 12.9. The van der Waals surface area contributed by atoms with Crippen molar-refractivity contribution >= 4 is 6.03 Å². The van der Waals surface area contributed by atoms with E-state index in [4.69, 9.17) is 6.42 Å². The maximum absolute atomic E-state index is 11.7. The van der Waals surface area contributed by atoms with Crippen molar-refractivity contribution in [1.82, 2.24) is 10.2 Å². The first-order valence-electron chi connectivity index (χ1n) is 6.22. The van der Waals surface area contributed by atoms with E-state index in [-0.39, 0.29) is 6.03 Å². The number of hydrogen-bond acceptors (Lipinski definition) is 1. The van der Waals surface area contributed by atoms with Crippen LogP contribution in [0, 0.1) is 17.8 Å². The molecule has 0 aromatic rings. The van der Waals surface area contributed by atoms with Crippen molar-refractivity contribution < 1.29 is 4.79 Å². The standard InChI is InChI=1S/C13H20N2O/c1-2-9-14-12(16)15-10-8-13(11-15)6-4-3-5-7-13/h1H,3-11H2,(H,14,16). The van der Waals surface area contributed by atoms with Crippen molar-refractivity contribution in [2.75, 3.05) is 19.6 Å². The van der Waals surface area contributed by atoms with Crippen LogP contribution < -0.4 is 5.32 Å². The topological polar surface area (TPSA) is 32.3 Å². The Morgan fingerprint density at radius 3 is 2.75 bits per heavy atom. The summed E-state index contributed by atoms with van der Waals surface area (Å²) >= 11 is 0. The molecule has 1 N–H and O–H groups in total.